The fraction of sp³-hybridized carbons (Fsp3) is 0.727. The summed E-state index contributed by atoms with van der Waals surface area (Å²) < 4.78 is 31.3. The van der Waals surface area contributed by atoms with Crippen LogP contribution in [0.1, 0.15) is 32.2 Å². The molecule has 0 saturated carbocycles. The molecule has 6 nitrogen and oxygen atoms in total. The van der Waals surface area contributed by atoms with Crippen LogP contribution in [0.25, 0.3) is 0 Å². The Kier molecular flexibility index (Phi) is 4.19. The summed E-state index contributed by atoms with van der Waals surface area (Å²) in [4.78, 5) is 0.0450. The third-order valence-electron chi connectivity index (χ3n) is 2.70. The third-order valence-corrected chi connectivity index (χ3v) is 4.37. The fourth-order valence-electron chi connectivity index (χ4n) is 1.43. The Balaban J connectivity index is 2.85. The molecule has 0 aliphatic heterocycles. The van der Waals surface area contributed by atoms with E-state index in [-0.39, 0.29) is 22.6 Å². The Labute approximate surface area is 107 Å². The van der Waals surface area contributed by atoms with Crippen LogP contribution in [0.4, 0.5) is 0 Å². The van der Waals surface area contributed by atoms with Gasteiger partial charge in [-0.1, -0.05) is 25.9 Å². The fourth-order valence-corrected chi connectivity index (χ4v) is 2.79. The summed E-state index contributed by atoms with van der Waals surface area (Å²) in [7, 11) is -3.70. The number of rotatable bonds is 4. The molecule has 0 aliphatic rings. The lowest BCUT2D eigenvalue weighted by Gasteiger charge is -2.25. The molecule has 1 heterocycles. The van der Waals surface area contributed by atoms with E-state index in [1.807, 2.05) is 20.8 Å². The maximum absolute atomic E-state index is 12.0. The summed E-state index contributed by atoms with van der Waals surface area (Å²) in [5, 5.41) is 13.4. The largest absolute Gasteiger partial charge is 0.391 e. The third kappa shape index (κ3) is 3.30. The van der Waals surface area contributed by atoms with Crippen LogP contribution in [0.2, 0.25) is 0 Å². The highest BCUT2D eigenvalue weighted by atomic mass is 32.2. The van der Waals surface area contributed by atoms with Crippen LogP contribution in [0.3, 0.4) is 0 Å². The van der Waals surface area contributed by atoms with Crippen molar-refractivity contribution in [1.29, 1.82) is 0 Å². The van der Waals surface area contributed by atoms with E-state index in [9.17, 15) is 13.5 Å². The minimum Gasteiger partial charge on any atom is -0.391 e. The lowest BCUT2D eigenvalue weighted by atomic mass is 9.89. The van der Waals surface area contributed by atoms with E-state index in [0.29, 0.717) is 5.69 Å². The number of nitrogens with zero attached hydrogens (tertiary/aromatic N) is 1. The number of sulfonamides is 1. The van der Waals surface area contributed by atoms with Crippen molar-refractivity contribution >= 4 is 10.0 Å². The molecular formula is C11H20N2O4S. The number of aryl methyl sites for hydroxylation is 2. The van der Waals surface area contributed by atoms with Gasteiger partial charge in [0.05, 0.1) is 6.10 Å². The molecule has 1 unspecified atom stereocenters. The Bertz CT molecular complexity index is 494. The molecule has 0 fully saturated rings. The van der Waals surface area contributed by atoms with Crippen LogP contribution < -0.4 is 4.72 Å². The van der Waals surface area contributed by atoms with Crippen LogP contribution >= 0.6 is 0 Å². The molecular weight excluding hydrogens is 256 g/mol. The van der Waals surface area contributed by atoms with Crippen LogP contribution in [0.5, 0.6) is 0 Å². The summed E-state index contributed by atoms with van der Waals surface area (Å²) in [6.07, 6.45) is -0.771. The molecule has 0 spiro atoms. The second kappa shape index (κ2) is 4.99. The van der Waals surface area contributed by atoms with Gasteiger partial charge in [-0.2, -0.15) is 0 Å². The number of aliphatic hydroxyl groups excluding tert-OH is 1. The monoisotopic (exact) mass is 276 g/mol. The Morgan fingerprint density at radius 2 is 1.94 bits per heavy atom. The molecule has 1 rings (SSSR count). The Hall–Kier alpha value is -0.920. The normalized spacial score (nSPS) is 14.8. The van der Waals surface area contributed by atoms with Crippen LogP contribution in [0.15, 0.2) is 9.42 Å². The minimum atomic E-state index is -3.70. The van der Waals surface area contributed by atoms with E-state index in [2.05, 4.69) is 9.88 Å². The van der Waals surface area contributed by atoms with E-state index in [1.165, 1.54) is 6.92 Å². The first-order valence-corrected chi connectivity index (χ1v) is 7.14. The van der Waals surface area contributed by atoms with Gasteiger partial charge in [0.15, 0.2) is 5.76 Å². The number of aromatic nitrogens is 1. The van der Waals surface area contributed by atoms with Crippen LogP contribution in [0, 0.1) is 19.3 Å². The predicted molar refractivity (Wildman–Crippen MR) is 66.6 cm³/mol. The van der Waals surface area contributed by atoms with Gasteiger partial charge in [-0.15, -0.1) is 0 Å². The maximum atomic E-state index is 12.0. The van der Waals surface area contributed by atoms with Crippen molar-refractivity contribution in [3.63, 3.8) is 0 Å². The highest BCUT2D eigenvalue weighted by molar-refractivity contribution is 7.89. The first-order valence-electron chi connectivity index (χ1n) is 5.66. The topological polar surface area (TPSA) is 92.4 Å². The molecule has 18 heavy (non-hydrogen) atoms. The van der Waals surface area contributed by atoms with Crippen molar-refractivity contribution in [2.75, 3.05) is 6.54 Å². The maximum Gasteiger partial charge on any atom is 0.246 e. The lowest BCUT2D eigenvalue weighted by molar-refractivity contribution is 0.0677. The second-order valence-corrected chi connectivity index (χ2v) is 7.09. The van der Waals surface area contributed by atoms with Gasteiger partial charge in [-0.05, 0) is 19.3 Å². The number of hydrogen-bond acceptors (Lipinski definition) is 5. The van der Waals surface area contributed by atoms with E-state index in [0.717, 1.165) is 0 Å². The Morgan fingerprint density at radius 1 is 1.39 bits per heavy atom. The molecule has 0 amide bonds. The number of aliphatic hydroxyl groups is 1. The SMILES string of the molecule is Cc1noc(C)c1S(=O)(=O)NCC(O)C(C)(C)C. The van der Waals surface area contributed by atoms with Gasteiger partial charge in [0.2, 0.25) is 10.0 Å². The van der Waals surface area contributed by atoms with Crippen LogP contribution in [-0.2, 0) is 10.0 Å². The van der Waals surface area contributed by atoms with Crippen molar-refractivity contribution in [1.82, 2.24) is 9.88 Å². The molecule has 0 aliphatic carbocycles. The average Bonchev–Trinajstić information content (AvgIpc) is 2.54. The number of hydrogen-bond donors (Lipinski definition) is 2. The molecule has 0 saturated heterocycles. The molecule has 0 radical (unpaired) electrons. The Morgan fingerprint density at radius 3 is 2.33 bits per heavy atom. The summed E-state index contributed by atoms with van der Waals surface area (Å²) in [6, 6.07) is 0. The van der Waals surface area contributed by atoms with Crippen molar-refractivity contribution in [2.24, 2.45) is 5.41 Å². The van der Waals surface area contributed by atoms with Crippen molar-refractivity contribution in [3.8, 4) is 0 Å². The summed E-state index contributed by atoms with van der Waals surface area (Å²) >= 11 is 0. The number of nitrogens with one attached hydrogen (secondary N) is 1. The van der Waals surface area contributed by atoms with E-state index >= 15 is 0 Å². The van der Waals surface area contributed by atoms with Gasteiger partial charge >= 0.3 is 0 Å². The zero-order valence-corrected chi connectivity index (χ0v) is 12.1. The van der Waals surface area contributed by atoms with Crippen molar-refractivity contribution < 1.29 is 18.0 Å². The summed E-state index contributed by atoms with van der Waals surface area (Å²) in [6.45, 7) is 8.56. The van der Waals surface area contributed by atoms with Gasteiger partial charge in [-0.3, -0.25) is 0 Å². The van der Waals surface area contributed by atoms with Crippen LogP contribution in [-0.4, -0.2) is 31.3 Å². The van der Waals surface area contributed by atoms with Gasteiger partial charge in [0, 0.05) is 6.54 Å². The highest BCUT2D eigenvalue weighted by Crippen LogP contribution is 2.21. The smallest absolute Gasteiger partial charge is 0.246 e. The summed E-state index contributed by atoms with van der Waals surface area (Å²) in [5.74, 6) is 0.241. The first kappa shape index (κ1) is 15.1. The van der Waals surface area contributed by atoms with E-state index < -0.39 is 16.1 Å². The molecule has 104 valence electrons. The molecule has 0 bridgehead atoms. The second-order valence-electron chi connectivity index (χ2n) is 5.39. The highest BCUT2D eigenvalue weighted by Gasteiger charge is 2.27. The van der Waals surface area contributed by atoms with Gasteiger partial charge in [0.1, 0.15) is 10.6 Å². The molecule has 1 aromatic heterocycles. The molecule has 2 N–H and O–H groups in total. The molecule has 7 heteroatoms. The molecule has 0 aromatic carbocycles. The average molecular weight is 276 g/mol. The molecule has 1 atom stereocenters. The van der Waals surface area contributed by atoms with Gasteiger partial charge in [0.25, 0.3) is 0 Å². The van der Waals surface area contributed by atoms with Crippen molar-refractivity contribution in [2.45, 2.75) is 45.6 Å². The van der Waals surface area contributed by atoms with Gasteiger partial charge in [-0.25, -0.2) is 13.1 Å². The van der Waals surface area contributed by atoms with E-state index in [1.54, 1.807) is 6.92 Å². The zero-order chi connectivity index (χ0) is 14.1. The standard InChI is InChI=1S/C11H20N2O4S/c1-7-10(8(2)17-13-7)18(15,16)12-6-9(14)11(3,4)5/h9,12,14H,6H2,1-5H3. The first-order chi connectivity index (χ1) is 8.05. The van der Waals surface area contributed by atoms with Gasteiger partial charge < -0.3 is 9.63 Å². The summed E-state index contributed by atoms with van der Waals surface area (Å²) in [5.41, 5.74) is -0.0772. The van der Waals surface area contributed by atoms with E-state index in [4.69, 9.17) is 4.52 Å². The van der Waals surface area contributed by atoms with Crippen molar-refractivity contribution in [3.05, 3.63) is 11.5 Å². The minimum absolute atomic E-state index is 0.0450. The zero-order valence-electron chi connectivity index (χ0n) is 11.3. The predicted octanol–water partition coefficient (Wildman–Crippen LogP) is 0.977. The lowest BCUT2D eigenvalue weighted by Crippen LogP contribution is -2.39. The quantitative estimate of drug-likeness (QED) is 0.855. The molecule has 1 aromatic rings.